The number of rotatable bonds is 2. The Balaban J connectivity index is 2.58. The second kappa shape index (κ2) is 3.22. The molecule has 0 aromatic carbocycles. The van der Waals surface area contributed by atoms with Crippen LogP contribution in [-0.2, 0) is 9.53 Å². The summed E-state index contributed by atoms with van der Waals surface area (Å²) in [6.45, 7) is 4.67. The maximum absolute atomic E-state index is 10.6. The Labute approximate surface area is 66.4 Å². The molecule has 1 saturated heterocycles. The van der Waals surface area contributed by atoms with Crippen molar-refractivity contribution in [3.05, 3.63) is 0 Å². The third-order valence-electron chi connectivity index (χ3n) is 2.24. The lowest BCUT2D eigenvalue weighted by Gasteiger charge is -2.17. The first-order chi connectivity index (χ1) is 5.13. The van der Waals surface area contributed by atoms with Crippen LogP contribution < -0.4 is 0 Å². The predicted octanol–water partition coefficient (Wildman–Crippen LogP) is 1.13. The molecule has 0 aromatic rings. The summed E-state index contributed by atoms with van der Waals surface area (Å²) in [4.78, 5) is 10.6. The fraction of sp³-hybridized carbons (Fsp3) is 0.875. The fourth-order valence-corrected chi connectivity index (χ4v) is 1.54. The normalized spacial score (nSPS) is 31.2. The first-order valence-electron chi connectivity index (χ1n) is 3.97. The van der Waals surface area contributed by atoms with Crippen molar-refractivity contribution in [2.24, 2.45) is 11.8 Å². The van der Waals surface area contributed by atoms with Crippen LogP contribution >= 0.6 is 0 Å². The summed E-state index contributed by atoms with van der Waals surface area (Å²) in [5, 5.41) is 8.71. The van der Waals surface area contributed by atoms with E-state index in [0.29, 0.717) is 12.5 Å². The number of hydrogen-bond donors (Lipinski definition) is 1. The molecule has 0 saturated carbocycles. The molecule has 0 aliphatic carbocycles. The molecule has 1 N–H and O–H groups in total. The van der Waals surface area contributed by atoms with Gasteiger partial charge in [0.1, 0.15) is 0 Å². The summed E-state index contributed by atoms with van der Waals surface area (Å²) in [7, 11) is 0. The Morgan fingerprint density at radius 1 is 1.64 bits per heavy atom. The van der Waals surface area contributed by atoms with Gasteiger partial charge in [-0.1, -0.05) is 13.8 Å². The molecule has 0 unspecified atom stereocenters. The summed E-state index contributed by atoms with van der Waals surface area (Å²) in [6, 6.07) is 0. The van der Waals surface area contributed by atoms with E-state index in [0.717, 1.165) is 6.42 Å². The number of aliphatic carboxylic acids is 1. The molecule has 1 rings (SSSR count). The zero-order valence-corrected chi connectivity index (χ0v) is 6.91. The molecular formula is C8H14O3. The van der Waals surface area contributed by atoms with Gasteiger partial charge in [-0.15, -0.1) is 0 Å². The second-order valence-corrected chi connectivity index (χ2v) is 3.33. The largest absolute Gasteiger partial charge is 0.479 e. The third kappa shape index (κ3) is 1.71. The zero-order chi connectivity index (χ0) is 8.43. The summed E-state index contributed by atoms with van der Waals surface area (Å²) < 4.78 is 5.09. The molecule has 1 heterocycles. The highest BCUT2D eigenvalue weighted by Crippen LogP contribution is 2.27. The first-order valence-corrected chi connectivity index (χ1v) is 3.97. The molecule has 1 fully saturated rings. The molecule has 64 valence electrons. The Bertz CT molecular complexity index is 153. The van der Waals surface area contributed by atoms with Crippen LogP contribution in [-0.4, -0.2) is 23.8 Å². The Kier molecular flexibility index (Phi) is 2.49. The van der Waals surface area contributed by atoms with Crippen molar-refractivity contribution in [2.75, 3.05) is 6.61 Å². The molecule has 0 aromatic heterocycles. The van der Waals surface area contributed by atoms with Crippen molar-refractivity contribution < 1.29 is 14.6 Å². The average molecular weight is 158 g/mol. The van der Waals surface area contributed by atoms with Crippen LogP contribution in [0.2, 0.25) is 0 Å². The van der Waals surface area contributed by atoms with E-state index in [1.807, 2.05) is 13.8 Å². The van der Waals surface area contributed by atoms with Crippen LogP contribution in [0.4, 0.5) is 0 Å². The van der Waals surface area contributed by atoms with Crippen molar-refractivity contribution in [2.45, 2.75) is 26.4 Å². The van der Waals surface area contributed by atoms with Gasteiger partial charge < -0.3 is 9.84 Å². The maximum atomic E-state index is 10.6. The molecule has 1 aliphatic rings. The van der Waals surface area contributed by atoms with E-state index in [1.54, 1.807) is 0 Å². The molecule has 0 spiro atoms. The van der Waals surface area contributed by atoms with Crippen molar-refractivity contribution in [3.8, 4) is 0 Å². The minimum Gasteiger partial charge on any atom is -0.479 e. The quantitative estimate of drug-likeness (QED) is 0.655. The molecule has 0 radical (unpaired) electrons. The van der Waals surface area contributed by atoms with Crippen LogP contribution in [0.25, 0.3) is 0 Å². The fourth-order valence-electron chi connectivity index (χ4n) is 1.54. The van der Waals surface area contributed by atoms with Gasteiger partial charge in [0.05, 0.1) is 0 Å². The van der Waals surface area contributed by atoms with Gasteiger partial charge in [-0.3, -0.25) is 0 Å². The highest BCUT2D eigenvalue weighted by molar-refractivity contribution is 5.73. The summed E-state index contributed by atoms with van der Waals surface area (Å²) in [6.07, 6.45) is 0.323. The van der Waals surface area contributed by atoms with E-state index < -0.39 is 12.1 Å². The number of hydrogen-bond acceptors (Lipinski definition) is 2. The summed E-state index contributed by atoms with van der Waals surface area (Å²) >= 11 is 0. The van der Waals surface area contributed by atoms with Gasteiger partial charge in [0.25, 0.3) is 0 Å². The second-order valence-electron chi connectivity index (χ2n) is 3.33. The van der Waals surface area contributed by atoms with E-state index >= 15 is 0 Å². The lowest BCUT2D eigenvalue weighted by Crippen LogP contribution is -2.29. The molecule has 0 bridgehead atoms. The van der Waals surface area contributed by atoms with E-state index in [1.165, 1.54) is 0 Å². The van der Waals surface area contributed by atoms with Crippen molar-refractivity contribution in [1.29, 1.82) is 0 Å². The molecule has 0 amide bonds. The standard InChI is InChI=1S/C8H14O3/c1-5(2)6-3-4-11-7(6)8(9)10/h5-7H,3-4H2,1-2H3,(H,9,10)/t6-,7-/m1/s1. The third-order valence-corrected chi connectivity index (χ3v) is 2.24. The molecule has 2 atom stereocenters. The lowest BCUT2D eigenvalue weighted by molar-refractivity contribution is -0.149. The van der Waals surface area contributed by atoms with Crippen LogP contribution in [0.15, 0.2) is 0 Å². The van der Waals surface area contributed by atoms with Crippen LogP contribution in [0.5, 0.6) is 0 Å². The van der Waals surface area contributed by atoms with Crippen molar-refractivity contribution in [3.63, 3.8) is 0 Å². The first kappa shape index (κ1) is 8.53. The monoisotopic (exact) mass is 158 g/mol. The highest BCUT2D eigenvalue weighted by atomic mass is 16.5. The van der Waals surface area contributed by atoms with Crippen molar-refractivity contribution in [1.82, 2.24) is 0 Å². The van der Waals surface area contributed by atoms with Gasteiger partial charge >= 0.3 is 5.97 Å². The Morgan fingerprint density at radius 3 is 2.64 bits per heavy atom. The minimum atomic E-state index is -0.818. The lowest BCUT2D eigenvalue weighted by atomic mass is 9.90. The van der Waals surface area contributed by atoms with Gasteiger partial charge in [-0.2, -0.15) is 0 Å². The number of carbonyl (C=O) groups is 1. The van der Waals surface area contributed by atoms with Crippen molar-refractivity contribution >= 4 is 5.97 Å². The molecule has 1 aliphatic heterocycles. The topological polar surface area (TPSA) is 46.5 Å². The average Bonchev–Trinajstić information content (AvgIpc) is 2.32. The van der Waals surface area contributed by atoms with Gasteiger partial charge in [0.15, 0.2) is 6.10 Å². The van der Waals surface area contributed by atoms with Gasteiger partial charge in [0, 0.05) is 12.5 Å². The van der Waals surface area contributed by atoms with Crippen LogP contribution in [0, 0.1) is 11.8 Å². The predicted molar refractivity (Wildman–Crippen MR) is 40.3 cm³/mol. The Hall–Kier alpha value is -0.570. The number of carboxylic acids is 1. The van der Waals surface area contributed by atoms with Gasteiger partial charge in [-0.05, 0) is 12.3 Å². The van der Waals surface area contributed by atoms with Gasteiger partial charge in [-0.25, -0.2) is 4.79 Å². The van der Waals surface area contributed by atoms with E-state index in [2.05, 4.69) is 0 Å². The Morgan fingerprint density at radius 2 is 2.27 bits per heavy atom. The van der Waals surface area contributed by atoms with Crippen LogP contribution in [0.3, 0.4) is 0 Å². The van der Waals surface area contributed by atoms with Gasteiger partial charge in [0.2, 0.25) is 0 Å². The number of ether oxygens (including phenoxy) is 1. The number of carboxylic acid groups (broad SMARTS) is 1. The summed E-state index contributed by atoms with van der Waals surface area (Å²) in [5.74, 6) is -0.215. The zero-order valence-electron chi connectivity index (χ0n) is 6.91. The van der Waals surface area contributed by atoms with E-state index in [4.69, 9.17) is 9.84 Å². The highest BCUT2D eigenvalue weighted by Gasteiger charge is 2.35. The van der Waals surface area contributed by atoms with Crippen LogP contribution in [0.1, 0.15) is 20.3 Å². The molecule has 3 nitrogen and oxygen atoms in total. The molecule has 11 heavy (non-hydrogen) atoms. The SMILES string of the molecule is CC(C)[C@H]1CCO[C@H]1C(=O)O. The molecule has 3 heteroatoms. The minimum absolute atomic E-state index is 0.201. The smallest absolute Gasteiger partial charge is 0.333 e. The maximum Gasteiger partial charge on any atom is 0.333 e. The summed E-state index contributed by atoms with van der Waals surface area (Å²) in [5.41, 5.74) is 0. The van der Waals surface area contributed by atoms with E-state index in [-0.39, 0.29) is 5.92 Å². The molecular weight excluding hydrogens is 144 g/mol. The van der Waals surface area contributed by atoms with E-state index in [9.17, 15) is 4.79 Å².